The van der Waals surface area contributed by atoms with Crippen LogP contribution in [0.4, 0.5) is 0 Å². The Morgan fingerprint density at radius 2 is 1.82 bits per heavy atom. The van der Waals surface area contributed by atoms with Gasteiger partial charge < -0.3 is 5.32 Å². The van der Waals surface area contributed by atoms with E-state index in [9.17, 15) is 0 Å². The van der Waals surface area contributed by atoms with Gasteiger partial charge in [0.15, 0.2) is 0 Å². The average molecular weight is 223 g/mol. The summed E-state index contributed by atoms with van der Waals surface area (Å²) >= 11 is 0. The molecule has 0 aliphatic heterocycles. The Kier molecular flexibility index (Phi) is 3.61. The second kappa shape index (κ2) is 5.35. The van der Waals surface area contributed by atoms with Crippen LogP contribution in [0.1, 0.15) is 12.5 Å². The SMILES string of the molecule is C/C=C(\C=C/NC)c1ccc2ccccc2c1. The Balaban J connectivity index is 2.45. The van der Waals surface area contributed by atoms with E-state index >= 15 is 0 Å². The van der Waals surface area contributed by atoms with Crippen molar-refractivity contribution in [3.05, 3.63) is 66.4 Å². The lowest BCUT2D eigenvalue weighted by atomic mass is 10.0. The zero-order chi connectivity index (χ0) is 12.1. The van der Waals surface area contributed by atoms with Crippen molar-refractivity contribution in [1.82, 2.24) is 5.32 Å². The molecule has 0 fully saturated rings. The molecule has 0 aliphatic carbocycles. The molecule has 0 unspecified atom stereocenters. The molecule has 0 saturated heterocycles. The normalized spacial score (nSPS) is 12.2. The van der Waals surface area contributed by atoms with Crippen LogP contribution in [-0.4, -0.2) is 7.05 Å². The first-order valence-corrected chi connectivity index (χ1v) is 5.84. The lowest BCUT2D eigenvalue weighted by Gasteiger charge is -2.04. The van der Waals surface area contributed by atoms with Crippen molar-refractivity contribution in [2.24, 2.45) is 0 Å². The zero-order valence-corrected chi connectivity index (χ0v) is 10.3. The summed E-state index contributed by atoms with van der Waals surface area (Å²) in [7, 11) is 1.91. The second-order valence-electron chi connectivity index (χ2n) is 3.93. The molecule has 1 N–H and O–H groups in total. The standard InChI is InChI=1S/C16H17N/c1-3-13(10-11-17-2)16-9-8-14-6-4-5-7-15(14)12-16/h3-12,17H,1-2H3/b11-10-,13-3+. The quantitative estimate of drug-likeness (QED) is 0.776. The van der Waals surface area contributed by atoms with E-state index in [1.807, 2.05) is 13.2 Å². The zero-order valence-electron chi connectivity index (χ0n) is 10.3. The summed E-state index contributed by atoms with van der Waals surface area (Å²) in [5.74, 6) is 0. The number of hydrogen-bond acceptors (Lipinski definition) is 1. The number of nitrogens with one attached hydrogen (secondary N) is 1. The van der Waals surface area contributed by atoms with Crippen molar-refractivity contribution in [3.63, 3.8) is 0 Å². The highest BCUT2D eigenvalue weighted by Gasteiger charge is 1.98. The average Bonchev–Trinajstić information content (AvgIpc) is 2.39. The van der Waals surface area contributed by atoms with Crippen LogP contribution < -0.4 is 5.32 Å². The summed E-state index contributed by atoms with van der Waals surface area (Å²) in [5.41, 5.74) is 2.47. The molecule has 17 heavy (non-hydrogen) atoms. The highest BCUT2D eigenvalue weighted by Crippen LogP contribution is 2.21. The minimum Gasteiger partial charge on any atom is -0.394 e. The number of benzene rings is 2. The molecule has 2 aromatic rings. The smallest absolute Gasteiger partial charge is 0.00277 e. The van der Waals surface area contributed by atoms with E-state index in [2.05, 4.69) is 66.9 Å². The fraction of sp³-hybridized carbons (Fsp3) is 0.125. The van der Waals surface area contributed by atoms with Gasteiger partial charge in [-0.15, -0.1) is 0 Å². The second-order valence-corrected chi connectivity index (χ2v) is 3.93. The lowest BCUT2D eigenvalue weighted by molar-refractivity contribution is 1.10. The first-order valence-electron chi connectivity index (χ1n) is 5.84. The van der Waals surface area contributed by atoms with Gasteiger partial charge in [-0.2, -0.15) is 0 Å². The molecule has 0 radical (unpaired) electrons. The molecule has 2 aromatic carbocycles. The van der Waals surface area contributed by atoms with Crippen molar-refractivity contribution in [2.75, 3.05) is 7.05 Å². The van der Waals surface area contributed by atoms with E-state index < -0.39 is 0 Å². The van der Waals surface area contributed by atoms with Gasteiger partial charge in [-0.1, -0.05) is 42.5 Å². The Labute approximate surface area is 102 Å². The van der Waals surface area contributed by atoms with E-state index in [-0.39, 0.29) is 0 Å². The van der Waals surface area contributed by atoms with Crippen molar-refractivity contribution >= 4 is 16.3 Å². The van der Waals surface area contributed by atoms with Gasteiger partial charge in [-0.3, -0.25) is 0 Å². The molecular weight excluding hydrogens is 206 g/mol. The molecule has 0 saturated carbocycles. The van der Waals surface area contributed by atoms with E-state index in [0.29, 0.717) is 0 Å². The largest absolute Gasteiger partial charge is 0.394 e. The maximum atomic E-state index is 3.02. The molecule has 0 amide bonds. The van der Waals surface area contributed by atoms with Gasteiger partial charge in [0.1, 0.15) is 0 Å². The Hall–Kier alpha value is -2.02. The summed E-state index contributed by atoms with van der Waals surface area (Å²) < 4.78 is 0. The van der Waals surface area contributed by atoms with Crippen LogP contribution in [0, 0.1) is 0 Å². The Bertz CT molecular complexity index is 565. The number of rotatable bonds is 3. The van der Waals surface area contributed by atoms with Crippen LogP contribution in [0.5, 0.6) is 0 Å². The topological polar surface area (TPSA) is 12.0 Å². The van der Waals surface area contributed by atoms with Crippen molar-refractivity contribution in [1.29, 1.82) is 0 Å². The third-order valence-electron chi connectivity index (χ3n) is 2.82. The first-order chi connectivity index (χ1) is 8.35. The molecule has 0 atom stereocenters. The molecule has 0 heterocycles. The van der Waals surface area contributed by atoms with Gasteiger partial charge in [0.25, 0.3) is 0 Å². The van der Waals surface area contributed by atoms with Crippen LogP contribution in [0.3, 0.4) is 0 Å². The molecule has 1 nitrogen and oxygen atoms in total. The monoisotopic (exact) mass is 223 g/mol. The molecule has 2 rings (SSSR count). The van der Waals surface area contributed by atoms with Gasteiger partial charge in [0.2, 0.25) is 0 Å². The minimum absolute atomic E-state index is 1.23. The predicted octanol–water partition coefficient (Wildman–Crippen LogP) is 3.98. The van der Waals surface area contributed by atoms with Crippen LogP contribution in [0.2, 0.25) is 0 Å². The number of hydrogen-bond donors (Lipinski definition) is 1. The molecule has 0 bridgehead atoms. The maximum absolute atomic E-state index is 3.02. The summed E-state index contributed by atoms with van der Waals surface area (Å²) in [4.78, 5) is 0. The van der Waals surface area contributed by atoms with E-state index in [4.69, 9.17) is 0 Å². The van der Waals surface area contributed by atoms with E-state index in [1.165, 1.54) is 21.9 Å². The third-order valence-corrected chi connectivity index (χ3v) is 2.82. The minimum atomic E-state index is 1.23. The third kappa shape index (κ3) is 2.56. The molecule has 0 spiro atoms. The molecular formula is C16H17N. The Morgan fingerprint density at radius 3 is 2.53 bits per heavy atom. The highest BCUT2D eigenvalue weighted by molar-refractivity contribution is 5.87. The summed E-state index contributed by atoms with van der Waals surface area (Å²) in [6.07, 6.45) is 6.16. The van der Waals surface area contributed by atoms with Crippen LogP contribution >= 0.6 is 0 Å². The van der Waals surface area contributed by atoms with Gasteiger partial charge >= 0.3 is 0 Å². The summed E-state index contributed by atoms with van der Waals surface area (Å²) in [6.45, 7) is 2.06. The summed E-state index contributed by atoms with van der Waals surface area (Å²) in [5, 5.41) is 5.58. The maximum Gasteiger partial charge on any atom is 0.00277 e. The predicted molar refractivity (Wildman–Crippen MR) is 75.8 cm³/mol. The van der Waals surface area contributed by atoms with Gasteiger partial charge in [0, 0.05) is 7.05 Å². The number of fused-ring (bicyclic) bond motifs is 1. The fourth-order valence-corrected chi connectivity index (χ4v) is 1.90. The van der Waals surface area contributed by atoms with E-state index in [0.717, 1.165) is 0 Å². The van der Waals surface area contributed by atoms with Crippen molar-refractivity contribution in [2.45, 2.75) is 6.92 Å². The molecule has 0 aliphatic rings. The van der Waals surface area contributed by atoms with Gasteiger partial charge in [-0.05, 0) is 47.2 Å². The summed E-state index contributed by atoms with van der Waals surface area (Å²) in [6, 6.07) is 15.0. The van der Waals surface area contributed by atoms with Crippen LogP contribution in [-0.2, 0) is 0 Å². The fourth-order valence-electron chi connectivity index (χ4n) is 1.90. The lowest BCUT2D eigenvalue weighted by Crippen LogP contribution is -1.92. The van der Waals surface area contributed by atoms with Gasteiger partial charge in [0.05, 0.1) is 0 Å². The number of allylic oxidation sites excluding steroid dienone is 3. The van der Waals surface area contributed by atoms with Crippen molar-refractivity contribution < 1.29 is 0 Å². The van der Waals surface area contributed by atoms with Crippen LogP contribution in [0.25, 0.3) is 16.3 Å². The molecule has 86 valence electrons. The Morgan fingerprint density at radius 1 is 1.06 bits per heavy atom. The van der Waals surface area contributed by atoms with Crippen LogP contribution in [0.15, 0.2) is 60.8 Å². The van der Waals surface area contributed by atoms with E-state index in [1.54, 1.807) is 0 Å². The first kappa shape index (κ1) is 11.5. The highest BCUT2D eigenvalue weighted by atomic mass is 14.8. The molecule has 1 heteroatoms. The van der Waals surface area contributed by atoms with Crippen molar-refractivity contribution in [3.8, 4) is 0 Å². The van der Waals surface area contributed by atoms with Gasteiger partial charge in [-0.25, -0.2) is 0 Å². The molecule has 0 aromatic heterocycles.